The van der Waals surface area contributed by atoms with Crippen molar-refractivity contribution in [2.24, 2.45) is 18.9 Å². The largest absolute Gasteiger partial charge is 0.573 e. The molecule has 20 heteroatoms. The third-order valence-corrected chi connectivity index (χ3v) is 8.16. The summed E-state index contributed by atoms with van der Waals surface area (Å²) in [5.74, 6) is -6.76. The van der Waals surface area contributed by atoms with Crippen LogP contribution in [0.25, 0.3) is 0 Å². The van der Waals surface area contributed by atoms with Crippen LogP contribution in [0.3, 0.4) is 0 Å². The number of aryl methyl sites for hydroxylation is 1. The van der Waals surface area contributed by atoms with E-state index in [9.17, 15) is 57.5 Å². The molecule has 1 fully saturated rings. The molecule has 1 saturated carbocycles. The maximum atomic E-state index is 13.8. The van der Waals surface area contributed by atoms with Crippen molar-refractivity contribution in [1.82, 2.24) is 20.2 Å². The summed E-state index contributed by atoms with van der Waals surface area (Å²) in [6.45, 7) is 0.751. The van der Waals surface area contributed by atoms with Crippen LogP contribution in [0.15, 0.2) is 41.5 Å². The van der Waals surface area contributed by atoms with Crippen molar-refractivity contribution >= 4 is 17.5 Å². The van der Waals surface area contributed by atoms with Gasteiger partial charge in [-0.3, -0.25) is 9.69 Å². The van der Waals surface area contributed by atoms with Crippen LogP contribution in [-0.2, 0) is 11.8 Å². The van der Waals surface area contributed by atoms with Gasteiger partial charge >= 0.3 is 30.8 Å². The molecule has 3 unspecified atom stereocenters. The van der Waals surface area contributed by atoms with Gasteiger partial charge in [0.05, 0.1) is 35.8 Å². The maximum Gasteiger partial charge on any atom is 0.573 e. The molecule has 1 aromatic carbocycles. The van der Waals surface area contributed by atoms with E-state index in [1.807, 2.05) is 0 Å². The number of benzene rings is 1. The van der Waals surface area contributed by atoms with Crippen LogP contribution in [0, 0.1) is 11.8 Å². The summed E-state index contributed by atoms with van der Waals surface area (Å²) >= 11 is 0. The molecule has 1 spiro atoms. The first kappa shape index (κ1) is 33.4. The molecule has 8 nitrogen and oxygen atoms in total. The van der Waals surface area contributed by atoms with Crippen LogP contribution < -0.4 is 14.5 Å². The Morgan fingerprint density at radius 2 is 1.70 bits per heavy atom. The molecule has 2 aromatic rings. The molecular formula is C26H22F12N6O2. The number of anilines is 2. The van der Waals surface area contributed by atoms with Gasteiger partial charge in [-0.1, -0.05) is 18.1 Å². The number of amides is 1. The van der Waals surface area contributed by atoms with Gasteiger partial charge in [-0.05, 0) is 60.2 Å². The van der Waals surface area contributed by atoms with Crippen LogP contribution >= 0.6 is 0 Å². The van der Waals surface area contributed by atoms with Gasteiger partial charge in [0, 0.05) is 12.1 Å². The van der Waals surface area contributed by atoms with E-state index in [0.29, 0.717) is 23.1 Å². The molecule has 1 amide bonds. The smallest absolute Gasteiger partial charge is 0.406 e. The van der Waals surface area contributed by atoms with Crippen molar-refractivity contribution < 1.29 is 62.2 Å². The van der Waals surface area contributed by atoms with E-state index in [-0.39, 0.29) is 18.1 Å². The van der Waals surface area contributed by atoms with Gasteiger partial charge in [-0.15, -0.1) is 18.3 Å². The van der Waals surface area contributed by atoms with Crippen molar-refractivity contribution in [3.05, 3.63) is 47.1 Å². The predicted octanol–water partition coefficient (Wildman–Crippen LogP) is 6.73. The quantitative estimate of drug-likeness (QED) is 0.327. The number of ether oxygens (including phenoxy) is 1. The molecule has 252 valence electrons. The summed E-state index contributed by atoms with van der Waals surface area (Å²) in [4.78, 5) is 15.1. The fourth-order valence-corrected chi connectivity index (χ4v) is 6.07. The zero-order chi connectivity index (χ0) is 34.2. The molecule has 0 bridgehead atoms. The van der Waals surface area contributed by atoms with Crippen LogP contribution in [-0.4, -0.2) is 63.1 Å². The number of tetrazole rings is 1. The Morgan fingerprint density at radius 3 is 2.20 bits per heavy atom. The Kier molecular flexibility index (Phi) is 7.82. The monoisotopic (exact) mass is 678 g/mol. The van der Waals surface area contributed by atoms with Crippen molar-refractivity contribution in [2.45, 2.75) is 62.7 Å². The second-order valence-electron chi connectivity index (χ2n) is 11.3. The first-order chi connectivity index (χ1) is 21.0. The van der Waals surface area contributed by atoms with E-state index in [4.69, 9.17) is 0 Å². The minimum atomic E-state index is -5.41. The van der Waals surface area contributed by atoms with Crippen LogP contribution in [0.1, 0.15) is 37.8 Å². The molecule has 4 atom stereocenters. The maximum absolute atomic E-state index is 13.8. The summed E-state index contributed by atoms with van der Waals surface area (Å²) in [6.07, 6.45) is -21.8. The summed E-state index contributed by atoms with van der Waals surface area (Å²) in [6, 6.07) is 0.839. The third kappa shape index (κ3) is 6.47. The van der Waals surface area contributed by atoms with Crippen molar-refractivity contribution in [2.75, 3.05) is 16.3 Å². The zero-order valence-electron chi connectivity index (χ0n) is 23.5. The Morgan fingerprint density at radius 1 is 1.04 bits per heavy atom. The predicted molar refractivity (Wildman–Crippen MR) is 133 cm³/mol. The molecule has 5 rings (SSSR count). The standard InChI is InChI=1S/C26H22F12N6O2/c1-12-9-22(12)10-19(17-8-16(46-26(36,37)38)3-4-18(17)44(22)20(45)25(33,34)35)43(21-39-41-42(2)40-21)11-13-5-14(23(27,28)29)7-15(6-13)24(30,31)32/h3-5,7-8,12,15,19H,6,9-11H2,1-2H3/t12?,15?,19-,22?/m0/s1. The van der Waals surface area contributed by atoms with Gasteiger partial charge in [-0.25, -0.2) is 0 Å². The van der Waals surface area contributed by atoms with E-state index in [0.717, 1.165) is 15.8 Å². The highest BCUT2D eigenvalue weighted by Gasteiger charge is 2.65. The molecule has 3 aliphatic rings. The van der Waals surface area contributed by atoms with Crippen molar-refractivity contribution in [1.29, 1.82) is 0 Å². The molecule has 46 heavy (non-hydrogen) atoms. The Bertz CT molecular complexity index is 1570. The molecule has 2 aliphatic carbocycles. The number of carbonyl (C=O) groups is 1. The Balaban J connectivity index is 1.68. The molecule has 2 heterocycles. The van der Waals surface area contributed by atoms with Gasteiger partial charge in [0.2, 0.25) is 0 Å². The highest BCUT2D eigenvalue weighted by Crippen LogP contribution is 2.61. The number of carbonyl (C=O) groups excluding carboxylic acids is 1. The highest BCUT2D eigenvalue weighted by atomic mass is 19.4. The summed E-state index contributed by atoms with van der Waals surface area (Å²) in [7, 11) is 1.27. The van der Waals surface area contributed by atoms with E-state index < -0.39 is 102 Å². The number of allylic oxidation sites excluding steroid dienone is 3. The lowest BCUT2D eigenvalue weighted by Gasteiger charge is -2.46. The number of nitrogens with zero attached hydrogens (tertiary/aromatic N) is 6. The summed E-state index contributed by atoms with van der Waals surface area (Å²) < 4.78 is 167. The van der Waals surface area contributed by atoms with E-state index in [2.05, 4.69) is 20.1 Å². The zero-order valence-corrected chi connectivity index (χ0v) is 23.5. The van der Waals surface area contributed by atoms with Gasteiger partial charge < -0.3 is 9.64 Å². The van der Waals surface area contributed by atoms with Gasteiger partial charge in [-0.2, -0.15) is 44.3 Å². The average molecular weight is 678 g/mol. The van der Waals surface area contributed by atoms with E-state index in [1.54, 1.807) is 0 Å². The highest BCUT2D eigenvalue weighted by molar-refractivity contribution is 6.01. The topological polar surface area (TPSA) is 76.4 Å². The molecule has 0 radical (unpaired) electrons. The molecule has 0 N–H and O–H groups in total. The van der Waals surface area contributed by atoms with Crippen LogP contribution in [0.2, 0.25) is 0 Å². The number of halogens is 12. The summed E-state index contributed by atoms with van der Waals surface area (Å²) in [5, 5.41) is 11.4. The third-order valence-electron chi connectivity index (χ3n) is 8.16. The van der Waals surface area contributed by atoms with Crippen molar-refractivity contribution in [3.63, 3.8) is 0 Å². The van der Waals surface area contributed by atoms with E-state index in [1.165, 1.54) is 14.0 Å². The number of hydrogen-bond donors (Lipinski definition) is 0. The SMILES string of the molecule is CC1CC12C[C@H](N(CC1=CC(C(F)(F)F)=CC(C(F)(F)F)C1)c1nnn(C)n1)c1cc(OC(F)(F)F)ccc1N2C(=O)C(F)(F)F. The lowest BCUT2D eigenvalue weighted by molar-refractivity contribution is -0.274. The van der Waals surface area contributed by atoms with Crippen molar-refractivity contribution in [3.8, 4) is 5.75 Å². The Hall–Kier alpha value is -4.00. The molecule has 1 aromatic heterocycles. The molecule has 1 aliphatic heterocycles. The summed E-state index contributed by atoms with van der Waals surface area (Å²) in [5.41, 5.74) is -4.44. The lowest BCUT2D eigenvalue weighted by Crippen LogP contribution is -2.54. The normalized spacial score (nSPS) is 25.2. The second kappa shape index (κ2) is 10.8. The number of aromatic nitrogens is 4. The Labute approximate surface area is 251 Å². The minimum Gasteiger partial charge on any atom is -0.406 e. The van der Waals surface area contributed by atoms with Crippen LogP contribution in [0.4, 0.5) is 64.3 Å². The van der Waals surface area contributed by atoms with Gasteiger partial charge in [0.1, 0.15) is 5.75 Å². The number of fused-ring (bicyclic) bond motifs is 1. The fraction of sp³-hybridized carbons (Fsp3) is 0.538. The number of hydrogen-bond acceptors (Lipinski definition) is 6. The average Bonchev–Trinajstić information content (AvgIpc) is 3.32. The van der Waals surface area contributed by atoms with Gasteiger partial charge in [0.25, 0.3) is 5.95 Å². The minimum absolute atomic E-state index is 0.00684. The molecular weight excluding hydrogens is 656 g/mol. The van der Waals surface area contributed by atoms with E-state index >= 15 is 0 Å². The second-order valence-corrected chi connectivity index (χ2v) is 11.3. The first-order valence-electron chi connectivity index (χ1n) is 13.4. The molecule has 0 saturated heterocycles. The fourth-order valence-electron chi connectivity index (χ4n) is 6.07. The number of rotatable bonds is 5. The lowest BCUT2D eigenvalue weighted by atomic mass is 9.85. The first-order valence-corrected chi connectivity index (χ1v) is 13.4. The number of alkyl halides is 12. The van der Waals surface area contributed by atoms with Crippen LogP contribution in [0.5, 0.6) is 5.75 Å². The van der Waals surface area contributed by atoms with Gasteiger partial charge in [0.15, 0.2) is 0 Å².